The van der Waals surface area contributed by atoms with Crippen LogP contribution in [0, 0.1) is 0 Å². The predicted molar refractivity (Wildman–Crippen MR) is 141 cm³/mol. The lowest BCUT2D eigenvalue weighted by molar-refractivity contribution is -0.138. The Bertz CT molecular complexity index is 673. The number of hydrogen-bond acceptors (Lipinski definition) is 4. The highest BCUT2D eigenvalue weighted by Gasteiger charge is 2.06. The first-order valence-electron chi connectivity index (χ1n) is 13.2. The highest BCUT2D eigenvalue weighted by atomic mass is 16.4. The lowest BCUT2D eigenvalue weighted by Gasteiger charge is -1.98. The molecule has 0 spiro atoms. The van der Waals surface area contributed by atoms with Gasteiger partial charge in [0.25, 0.3) is 0 Å². The molecule has 0 saturated heterocycles. The predicted octanol–water partition coefficient (Wildman–Crippen LogP) is 7.51. The van der Waals surface area contributed by atoms with Gasteiger partial charge in [-0.2, -0.15) is 0 Å². The van der Waals surface area contributed by atoms with Crippen molar-refractivity contribution in [2.45, 2.75) is 117 Å². The van der Waals surface area contributed by atoms with Crippen molar-refractivity contribution in [1.82, 2.24) is 0 Å². The van der Waals surface area contributed by atoms with Gasteiger partial charge >= 0.3 is 23.9 Å². The second-order valence-electron chi connectivity index (χ2n) is 8.72. The number of aromatic carboxylic acids is 2. The summed E-state index contributed by atoms with van der Waals surface area (Å²) in [6.45, 7) is 4.40. The average molecular weight is 511 g/mol. The molecule has 0 heterocycles. The Morgan fingerprint density at radius 2 is 0.833 bits per heavy atom. The third kappa shape index (κ3) is 25.7. The molecule has 8 nitrogen and oxygen atoms in total. The van der Waals surface area contributed by atoms with Crippen LogP contribution in [0.15, 0.2) is 24.3 Å². The van der Waals surface area contributed by atoms with Crippen molar-refractivity contribution in [3.05, 3.63) is 35.4 Å². The van der Waals surface area contributed by atoms with E-state index in [0.29, 0.717) is 12.8 Å². The second kappa shape index (κ2) is 25.2. The molecule has 206 valence electrons. The number of benzene rings is 1. The Morgan fingerprint density at radius 1 is 0.528 bits per heavy atom. The third-order valence-corrected chi connectivity index (χ3v) is 5.34. The number of carboxylic acids is 4. The molecule has 8 heteroatoms. The van der Waals surface area contributed by atoms with Crippen molar-refractivity contribution in [3.63, 3.8) is 0 Å². The van der Waals surface area contributed by atoms with E-state index in [2.05, 4.69) is 13.8 Å². The van der Waals surface area contributed by atoms with Crippen LogP contribution in [0.2, 0.25) is 0 Å². The number of carbonyl (C=O) groups is 4. The standard InChI is InChI=1S/2C10H20O2.C8H6O4/c2*1-2-3-4-5-6-7-8-9-10(11)12;9-7(10)5-2-1-3-6(4-5)8(11)12/h2*2-9H2,1H3,(H,11,12);1-4H,(H,9,10)(H,11,12). The van der Waals surface area contributed by atoms with Gasteiger partial charge in [0, 0.05) is 12.8 Å². The van der Waals surface area contributed by atoms with Crippen LogP contribution in [-0.2, 0) is 9.59 Å². The summed E-state index contributed by atoms with van der Waals surface area (Å²) in [6.07, 6.45) is 17.3. The molecule has 0 aliphatic rings. The van der Waals surface area contributed by atoms with E-state index in [1.165, 1.54) is 82.4 Å². The minimum atomic E-state index is -1.13. The van der Waals surface area contributed by atoms with Gasteiger partial charge in [-0.1, -0.05) is 97.0 Å². The van der Waals surface area contributed by atoms with Crippen molar-refractivity contribution in [2.75, 3.05) is 0 Å². The summed E-state index contributed by atoms with van der Waals surface area (Å²) < 4.78 is 0. The lowest BCUT2D eigenvalue weighted by atomic mass is 10.1. The molecule has 0 aromatic heterocycles. The van der Waals surface area contributed by atoms with Gasteiger partial charge in [-0.15, -0.1) is 0 Å². The molecule has 0 saturated carbocycles. The van der Waals surface area contributed by atoms with Crippen molar-refractivity contribution >= 4 is 23.9 Å². The van der Waals surface area contributed by atoms with Crippen LogP contribution in [0.1, 0.15) is 137 Å². The molecule has 0 bridgehead atoms. The summed E-state index contributed by atoms with van der Waals surface area (Å²) in [5, 5.41) is 33.7. The fourth-order valence-electron chi connectivity index (χ4n) is 3.25. The van der Waals surface area contributed by atoms with Crippen LogP contribution in [0.4, 0.5) is 0 Å². The number of aliphatic carboxylic acids is 2. The minimum Gasteiger partial charge on any atom is -0.481 e. The monoisotopic (exact) mass is 510 g/mol. The zero-order valence-corrected chi connectivity index (χ0v) is 22.0. The molecule has 1 aromatic rings. The zero-order valence-electron chi connectivity index (χ0n) is 22.0. The average Bonchev–Trinajstić information content (AvgIpc) is 2.83. The molecule has 0 atom stereocenters. The first-order chi connectivity index (χ1) is 17.1. The van der Waals surface area contributed by atoms with E-state index in [0.717, 1.165) is 31.7 Å². The molecular formula is C28H46O8. The summed E-state index contributed by atoms with van der Waals surface area (Å²) >= 11 is 0. The van der Waals surface area contributed by atoms with Gasteiger partial charge in [-0.05, 0) is 31.0 Å². The summed E-state index contributed by atoms with van der Waals surface area (Å²) in [7, 11) is 0. The molecule has 0 aliphatic heterocycles. The molecule has 1 rings (SSSR count). The van der Waals surface area contributed by atoms with Crippen molar-refractivity contribution in [2.24, 2.45) is 0 Å². The Morgan fingerprint density at radius 3 is 1.11 bits per heavy atom. The van der Waals surface area contributed by atoms with Crippen LogP contribution in [-0.4, -0.2) is 44.3 Å². The van der Waals surface area contributed by atoms with Gasteiger partial charge in [0.2, 0.25) is 0 Å². The molecule has 0 radical (unpaired) electrons. The number of unbranched alkanes of at least 4 members (excludes halogenated alkanes) is 12. The Labute approximate surface area is 215 Å². The van der Waals surface area contributed by atoms with Crippen LogP contribution in [0.5, 0.6) is 0 Å². The van der Waals surface area contributed by atoms with Gasteiger partial charge in [-0.3, -0.25) is 9.59 Å². The van der Waals surface area contributed by atoms with E-state index >= 15 is 0 Å². The topological polar surface area (TPSA) is 149 Å². The Kier molecular flexibility index (Phi) is 24.7. The minimum absolute atomic E-state index is 0.0186. The summed E-state index contributed by atoms with van der Waals surface area (Å²) in [6, 6.07) is 5.20. The van der Waals surface area contributed by atoms with Gasteiger partial charge in [0.1, 0.15) is 0 Å². The molecule has 0 unspecified atom stereocenters. The van der Waals surface area contributed by atoms with E-state index < -0.39 is 23.9 Å². The molecule has 4 N–H and O–H groups in total. The third-order valence-electron chi connectivity index (χ3n) is 5.34. The summed E-state index contributed by atoms with van der Waals surface area (Å²) in [4.78, 5) is 41.0. The first-order valence-corrected chi connectivity index (χ1v) is 13.2. The first kappa shape index (κ1) is 35.3. The summed E-state index contributed by atoms with van der Waals surface area (Å²) in [5.74, 6) is -3.58. The van der Waals surface area contributed by atoms with Crippen LogP contribution < -0.4 is 0 Å². The number of rotatable bonds is 18. The SMILES string of the molecule is CCCCCCCCCC(=O)O.CCCCCCCCCC(=O)O.O=C(O)c1cccc(C(=O)O)c1. The van der Waals surface area contributed by atoms with Crippen molar-refractivity contribution < 1.29 is 39.6 Å². The van der Waals surface area contributed by atoms with Crippen LogP contribution >= 0.6 is 0 Å². The van der Waals surface area contributed by atoms with E-state index in [-0.39, 0.29) is 11.1 Å². The largest absolute Gasteiger partial charge is 0.481 e. The van der Waals surface area contributed by atoms with Gasteiger partial charge in [-0.25, -0.2) is 9.59 Å². The van der Waals surface area contributed by atoms with E-state index in [9.17, 15) is 19.2 Å². The summed E-state index contributed by atoms with van der Waals surface area (Å²) in [5.41, 5.74) is -0.0372. The van der Waals surface area contributed by atoms with Crippen molar-refractivity contribution in [3.8, 4) is 0 Å². The normalized spacial score (nSPS) is 9.83. The zero-order chi connectivity index (χ0) is 27.6. The van der Waals surface area contributed by atoms with Crippen LogP contribution in [0.3, 0.4) is 0 Å². The van der Waals surface area contributed by atoms with E-state index in [1.54, 1.807) is 0 Å². The molecular weight excluding hydrogens is 464 g/mol. The quantitative estimate of drug-likeness (QED) is 0.148. The Hall–Kier alpha value is -2.90. The van der Waals surface area contributed by atoms with Crippen LogP contribution in [0.25, 0.3) is 0 Å². The fraction of sp³-hybridized carbons (Fsp3) is 0.643. The molecule has 1 aromatic carbocycles. The maximum absolute atomic E-state index is 10.4. The molecule has 0 aliphatic carbocycles. The maximum atomic E-state index is 10.4. The highest BCUT2D eigenvalue weighted by Crippen LogP contribution is 2.09. The van der Waals surface area contributed by atoms with E-state index in [1.807, 2.05) is 0 Å². The molecule has 0 fully saturated rings. The second-order valence-corrected chi connectivity index (χ2v) is 8.72. The maximum Gasteiger partial charge on any atom is 0.335 e. The smallest absolute Gasteiger partial charge is 0.335 e. The number of carboxylic acid groups (broad SMARTS) is 4. The Balaban J connectivity index is 0. The van der Waals surface area contributed by atoms with Crippen molar-refractivity contribution in [1.29, 1.82) is 0 Å². The van der Waals surface area contributed by atoms with Gasteiger partial charge < -0.3 is 20.4 Å². The molecule has 0 amide bonds. The highest BCUT2D eigenvalue weighted by molar-refractivity contribution is 5.93. The van der Waals surface area contributed by atoms with E-state index in [4.69, 9.17) is 20.4 Å². The van der Waals surface area contributed by atoms with Gasteiger partial charge in [0.15, 0.2) is 0 Å². The lowest BCUT2D eigenvalue weighted by Crippen LogP contribution is -2.01. The number of hydrogen-bond donors (Lipinski definition) is 4. The van der Waals surface area contributed by atoms with Gasteiger partial charge in [0.05, 0.1) is 11.1 Å². The molecule has 36 heavy (non-hydrogen) atoms. The fourth-order valence-corrected chi connectivity index (χ4v) is 3.25.